The Morgan fingerprint density at radius 2 is 2.16 bits per heavy atom. The van der Waals surface area contributed by atoms with Gasteiger partial charge in [0, 0.05) is 10.5 Å². The van der Waals surface area contributed by atoms with E-state index in [1.165, 1.54) is 0 Å². The molecule has 104 valence electrons. The maximum Gasteiger partial charge on any atom is 0.274 e. The molecule has 1 rings (SSSR count). The molecule has 7 nitrogen and oxygen atoms in total. The second-order valence-corrected chi connectivity index (χ2v) is 6.01. The summed E-state index contributed by atoms with van der Waals surface area (Å²) in [4.78, 5) is 8.81. The molecule has 19 heavy (non-hydrogen) atoms. The number of nitro benzene ring substituents is 1. The van der Waals surface area contributed by atoms with E-state index < -0.39 is 37.1 Å². The topological polar surface area (TPSA) is 113 Å². The lowest BCUT2D eigenvalue weighted by Crippen LogP contribution is -2.15. The van der Waals surface area contributed by atoms with E-state index in [2.05, 4.69) is 22.5 Å². The molecular formula is C9H8BrFN2O5S. The highest BCUT2D eigenvalue weighted by molar-refractivity contribution is 9.11. The van der Waals surface area contributed by atoms with E-state index in [1.54, 1.807) is 0 Å². The average molecular weight is 355 g/mol. The number of hydrogen-bond donors (Lipinski definition) is 1. The van der Waals surface area contributed by atoms with Gasteiger partial charge in [-0.15, -0.1) is 0 Å². The maximum absolute atomic E-state index is 13.7. The zero-order valence-corrected chi connectivity index (χ0v) is 11.7. The third-order valence-electron chi connectivity index (χ3n) is 1.88. The lowest BCUT2D eigenvalue weighted by Gasteiger charge is -2.10. The molecule has 0 aromatic heterocycles. The first-order valence-corrected chi connectivity index (χ1v) is 6.93. The number of benzene rings is 1. The van der Waals surface area contributed by atoms with Crippen LogP contribution in [0.25, 0.3) is 0 Å². The molecule has 0 heterocycles. The Morgan fingerprint density at radius 3 is 2.58 bits per heavy atom. The zero-order valence-electron chi connectivity index (χ0n) is 9.30. The van der Waals surface area contributed by atoms with Crippen LogP contribution in [0, 0.1) is 15.9 Å². The van der Waals surface area contributed by atoms with Crippen LogP contribution in [0.3, 0.4) is 0 Å². The second-order valence-electron chi connectivity index (χ2n) is 3.36. The number of primary sulfonamides is 1. The van der Waals surface area contributed by atoms with Crippen molar-refractivity contribution in [1.29, 1.82) is 0 Å². The smallest absolute Gasteiger partial charge is 0.274 e. The van der Waals surface area contributed by atoms with Gasteiger partial charge in [0.1, 0.15) is 11.5 Å². The van der Waals surface area contributed by atoms with E-state index in [0.29, 0.717) is 16.6 Å². The van der Waals surface area contributed by atoms with Gasteiger partial charge in [-0.25, -0.2) is 17.9 Å². The summed E-state index contributed by atoms with van der Waals surface area (Å²) in [7, 11) is -4.37. The summed E-state index contributed by atoms with van der Waals surface area (Å²) in [5.41, 5.74) is -0.744. The Kier molecular flexibility index (Phi) is 4.61. The third-order valence-corrected chi connectivity index (χ3v) is 3.03. The van der Waals surface area contributed by atoms with E-state index in [9.17, 15) is 22.9 Å². The minimum atomic E-state index is -4.37. The van der Waals surface area contributed by atoms with Gasteiger partial charge in [-0.1, -0.05) is 22.5 Å². The van der Waals surface area contributed by atoms with Crippen molar-refractivity contribution in [3.05, 3.63) is 39.1 Å². The fraction of sp³-hybridized carbons (Fsp3) is 0.111. The molecule has 0 amide bonds. The van der Waals surface area contributed by atoms with Gasteiger partial charge in [-0.05, 0) is 0 Å². The fourth-order valence-corrected chi connectivity index (χ4v) is 1.98. The minimum Gasteiger partial charge on any atom is -0.484 e. The first-order valence-electron chi connectivity index (χ1n) is 4.59. The fourth-order valence-electron chi connectivity index (χ4n) is 1.16. The van der Waals surface area contributed by atoms with Crippen LogP contribution in [0.5, 0.6) is 5.75 Å². The van der Waals surface area contributed by atoms with Crippen LogP contribution in [0.2, 0.25) is 0 Å². The van der Waals surface area contributed by atoms with Gasteiger partial charge in [0.15, 0.2) is 11.6 Å². The predicted molar refractivity (Wildman–Crippen MR) is 68.0 cm³/mol. The van der Waals surface area contributed by atoms with E-state index in [1.807, 2.05) is 0 Å². The summed E-state index contributed by atoms with van der Waals surface area (Å²) in [6.45, 7) is 3.19. The lowest BCUT2D eigenvalue weighted by molar-refractivity contribution is -0.385. The SMILES string of the molecule is C=C(Br)COc1c(F)cc([N+](=O)[O-])cc1S(N)(=O)=O. The number of hydrogen-bond acceptors (Lipinski definition) is 5. The second kappa shape index (κ2) is 5.63. The summed E-state index contributed by atoms with van der Waals surface area (Å²) in [6, 6.07) is 1.17. The van der Waals surface area contributed by atoms with Crippen molar-refractivity contribution in [2.45, 2.75) is 4.90 Å². The van der Waals surface area contributed by atoms with Crippen molar-refractivity contribution >= 4 is 31.6 Å². The molecule has 0 aliphatic carbocycles. The molecule has 0 aliphatic rings. The molecule has 0 spiro atoms. The molecule has 1 aromatic carbocycles. The molecule has 0 radical (unpaired) electrons. The van der Waals surface area contributed by atoms with Crippen LogP contribution in [0.15, 0.2) is 28.1 Å². The predicted octanol–water partition coefficient (Wildman–Crippen LogP) is 1.67. The van der Waals surface area contributed by atoms with E-state index in [0.717, 1.165) is 0 Å². The van der Waals surface area contributed by atoms with E-state index >= 15 is 0 Å². The maximum atomic E-state index is 13.7. The van der Waals surface area contributed by atoms with Gasteiger partial charge < -0.3 is 4.74 Å². The number of rotatable bonds is 5. The Balaban J connectivity index is 3.44. The number of ether oxygens (including phenoxy) is 1. The Bertz CT molecular complexity index is 646. The Morgan fingerprint density at radius 1 is 1.58 bits per heavy atom. The number of non-ortho nitro benzene ring substituents is 1. The van der Waals surface area contributed by atoms with Crippen LogP contribution >= 0.6 is 15.9 Å². The molecule has 0 saturated heterocycles. The highest BCUT2D eigenvalue weighted by Crippen LogP contribution is 2.31. The monoisotopic (exact) mass is 354 g/mol. The van der Waals surface area contributed by atoms with Crippen molar-refractivity contribution < 1.29 is 22.5 Å². The highest BCUT2D eigenvalue weighted by atomic mass is 79.9. The molecular weight excluding hydrogens is 347 g/mol. The molecule has 0 unspecified atom stereocenters. The number of nitrogens with zero attached hydrogens (tertiary/aromatic N) is 1. The van der Waals surface area contributed by atoms with Gasteiger partial charge >= 0.3 is 0 Å². The van der Waals surface area contributed by atoms with Crippen molar-refractivity contribution in [3.8, 4) is 5.75 Å². The molecule has 10 heteroatoms. The Hall–Kier alpha value is -1.52. The summed E-state index contributed by atoms with van der Waals surface area (Å²) in [5.74, 6) is -1.89. The normalized spacial score (nSPS) is 11.1. The van der Waals surface area contributed by atoms with Crippen molar-refractivity contribution in [1.82, 2.24) is 0 Å². The molecule has 1 aromatic rings. The van der Waals surface area contributed by atoms with Gasteiger partial charge in [-0.3, -0.25) is 10.1 Å². The van der Waals surface area contributed by atoms with Crippen molar-refractivity contribution in [3.63, 3.8) is 0 Å². The largest absolute Gasteiger partial charge is 0.484 e. The van der Waals surface area contributed by atoms with Crippen LogP contribution in [-0.4, -0.2) is 19.9 Å². The summed E-state index contributed by atoms with van der Waals surface area (Å²) in [6.07, 6.45) is 0. The Labute approximate surface area is 116 Å². The van der Waals surface area contributed by atoms with Gasteiger partial charge in [0.05, 0.1) is 11.0 Å². The van der Waals surface area contributed by atoms with Crippen LogP contribution in [0.1, 0.15) is 0 Å². The summed E-state index contributed by atoms with van der Waals surface area (Å²) >= 11 is 2.94. The number of halogens is 2. The molecule has 0 atom stereocenters. The number of nitrogens with two attached hydrogens (primary N) is 1. The first-order chi connectivity index (χ1) is 8.62. The van der Waals surface area contributed by atoms with Gasteiger partial charge in [-0.2, -0.15) is 0 Å². The first kappa shape index (κ1) is 15.5. The van der Waals surface area contributed by atoms with E-state index in [-0.39, 0.29) is 6.61 Å². The zero-order chi connectivity index (χ0) is 14.8. The number of nitro groups is 1. The third kappa shape index (κ3) is 3.98. The van der Waals surface area contributed by atoms with E-state index in [4.69, 9.17) is 9.88 Å². The lowest BCUT2D eigenvalue weighted by atomic mass is 10.3. The highest BCUT2D eigenvalue weighted by Gasteiger charge is 2.24. The quantitative estimate of drug-likeness (QED) is 0.638. The van der Waals surface area contributed by atoms with Gasteiger partial charge in [0.25, 0.3) is 5.69 Å². The molecule has 0 saturated carbocycles. The number of sulfonamides is 1. The van der Waals surface area contributed by atoms with Crippen LogP contribution in [0.4, 0.5) is 10.1 Å². The summed E-state index contributed by atoms with van der Waals surface area (Å²) < 4.78 is 41.5. The minimum absolute atomic E-state index is 0.225. The van der Waals surface area contributed by atoms with Crippen molar-refractivity contribution in [2.24, 2.45) is 5.14 Å². The molecule has 0 fully saturated rings. The average Bonchev–Trinajstić information content (AvgIpc) is 2.24. The standard InChI is InChI=1S/C9H8BrFN2O5S/c1-5(10)4-18-9-7(11)2-6(13(14)15)3-8(9)19(12,16)17/h2-3H,1,4H2,(H2,12,16,17). The van der Waals surface area contributed by atoms with Crippen molar-refractivity contribution in [2.75, 3.05) is 6.61 Å². The van der Waals surface area contributed by atoms with Gasteiger partial charge in [0.2, 0.25) is 10.0 Å². The molecule has 0 bridgehead atoms. The van der Waals surface area contributed by atoms with Crippen LogP contribution in [-0.2, 0) is 10.0 Å². The summed E-state index contributed by atoms with van der Waals surface area (Å²) in [5, 5.41) is 15.4. The molecule has 0 aliphatic heterocycles. The van der Waals surface area contributed by atoms with Crippen LogP contribution < -0.4 is 9.88 Å². The molecule has 2 N–H and O–H groups in total.